The lowest BCUT2D eigenvalue weighted by atomic mass is 9.82. The van der Waals surface area contributed by atoms with Gasteiger partial charge in [-0.3, -0.25) is 14.5 Å². The van der Waals surface area contributed by atoms with Crippen LogP contribution in [-0.2, 0) is 25.2 Å². The van der Waals surface area contributed by atoms with Gasteiger partial charge in [0.05, 0.1) is 31.6 Å². The third kappa shape index (κ3) is 4.06. The molecule has 4 heterocycles. The molecule has 1 amide bonds. The smallest absolute Gasteiger partial charge is 0.321 e. The summed E-state index contributed by atoms with van der Waals surface area (Å²) >= 11 is 6.38. The van der Waals surface area contributed by atoms with E-state index in [1.54, 1.807) is 6.92 Å². The highest BCUT2D eigenvalue weighted by molar-refractivity contribution is 7.93. The second-order valence-corrected chi connectivity index (χ2v) is 11.5. The second kappa shape index (κ2) is 9.96. The zero-order valence-corrected chi connectivity index (χ0v) is 23.0. The van der Waals surface area contributed by atoms with Gasteiger partial charge in [0.25, 0.3) is 15.9 Å². The van der Waals surface area contributed by atoms with Crippen LogP contribution in [0.5, 0.6) is 11.9 Å². The predicted molar refractivity (Wildman–Crippen MR) is 140 cm³/mol. The third-order valence-corrected chi connectivity index (χ3v) is 8.79. The first-order chi connectivity index (χ1) is 19.0. The molecule has 1 unspecified atom stereocenters. The number of halogens is 1. The number of carboxylic acid groups (broad SMARTS) is 1. The van der Waals surface area contributed by atoms with Crippen LogP contribution < -0.4 is 13.8 Å². The molecule has 3 aromatic rings. The van der Waals surface area contributed by atoms with Crippen LogP contribution in [0.25, 0.3) is 0 Å². The van der Waals surface area contributed by atoms with Crippen molar-refractivity contribution in [1.82, 2.24) is 19.9 Å². The molecule has 0 radical (unpaired) electrons. The Labute approximate surface area is 234 Å². The molecular weight excluding hydrogens is 566 g/mol. The summed E-state index contributed by atoms with van der Waals surface area (Å²) in [4.78, 5) is 40.8. The lowest BCUT2D eigenvalue weighted by Crippen LogP contribution is -2.58. The Morgan fingerprint density at radius 3 is 2.50 bits per heavy atom. The molecule has 0 bridgehead atoms. The van der Waals surface area contributed by atoms with Gasteiger partial charge in [-0.05, 0) is 36.8 Å². The number of likely N-dealkylation sites (tertiary alicyclic amines) is 1. The Balaban J connectivity index is 1.88. The number of carbonyl (C=O) groups excluding carboxylic acids is 1. The summed E-state index contributed by atoms with van der Waals surface area (Å²) < 4.78 is 39.2. The second-order valence-electron chi connectivity index (χ2n) is 9.30. The maximum absolute atomic E-state index is 14.8. The van der Waals surface area contributed by atoms with Crippen LogP contribution in [0.3, 0.4) is 0 Å². The highest BCUT2D eigenvalue weighted by Crippen LogP contribution is 2.54. The molecule has 13 nitrogen and oxygen atoms in total. The molecule has 1 fully saturated rings. The van der Waals surface area contributed by atoms with E-state index >= 15 is 0 Å². The number of carbonyl (C=O) groups is 2. The monoisotopic (exact) mass is 589 g/mol. The number of β-amino-alcohol motifs (C(OH)–C–C–N with tert-alkyl or cyclic N) is 1. The molecule has 15 heteroatoms. The number of aryl methyl sites for hydroxylation is 1. The van der Waals surface area contributed by atoms with Crippen molar-refractivity contribution in [3.8, 4) is 11.9 Å². The minimum absolute atomic E-state index is 0.0353. The minimum Gasteiger partial charge on any atom is -0.481 e. The van der Waals surface area contributed by atoms with Crippen molar-refractivity contribution in [3.05, 3.63) is 64.4 Å². The number of pyridine rings is 1. The van der Waals surface area contributed by atoms with E-state index in [4.69, 9.17) is 21.1 Å². The number of nitrogens with zero attached hydrogens (tertiary/aromatic N) is 5. The summed E-state index contributed by atoms with van der Waals surface area (Å²) in [6.07, 6.45) is 1.17. The van der Waals surface area contributed by atoms with Gasteiger partial charge < -0.3 is 19.7 Å². The molecule has 210 valence electrons. The number of aliphatic carboxylic acids is 1. The molecular formula is C25H24ClN5O8S. The van der Waals surface area contributed by atoms with Gasteiger partial charge in [0.15, 0.2) is 10.6 Å². The van der Waals surface area contributed by atoms with Gasteiger partial charge in [-0.25, -0.2) is 9.97 Å². The van der Waals surface area contributed by atoms with Crippen LogP contribution in [0.1, 0.15) is 23.1 Å². The molecule has 1 aromatic carbocycles. The molecule has 2 aliphatic rings. The Hall–Kier alpha value is -3.85. The number of sulfonamides is 1. The molecule has 5 rings (SSSR count). The first-order valence-electron chi connectivity index (χ1n) is 11.9. The van der Waals surface area contributed by atoms with Crippen molar-refractivity contribution < 1.29 is 37.7 Å². The van der Waals surface area contributed by atoms with E-state index in [2.05, 4.69) is 15.0 Å². The number of benzene rings is 1. The van der Waals surface area contributed by atoms with Crippen molar-refractivity contribution in [1.29, 1.82) is 0 Å². The maximum Gasteiger partial charge on any atom is 0.321 e. The fourth-order valence-electron chi connectivity index (χ4n) is 5.25. The number of fused-ring (bicyclic) bond motifs is 1. The van der Waals surface area contributed by atoms with Gasteiger partial charge in [-0.1, -0.05) is 17.7 Å². The molecule has 0 saturated carbocycles. The van der Waals surface area contributed by atoms with E-state index in [1.807, 2.05) is 0 Å². The third-order valence-electron chi connectivity index (χ3n) is 6.94. The average Bonchev–Trinajstić information content (AvgIpc) is 3.44. The lowest BCUT2D eigenvalue weighted by Gasteiger charge is -2.40. The standard InChI is InChI=1S/C25H24ClN5O8S/c1-13-4-7-20(27-10-13)40(36,37)31-18-6-5-14(26)8-16(18)25(23(31)35,30-12-15(32)9-19(30)22(33)34)17-11-28-24(39-3)29-21(17)38-2/h4-8,10-11,15,19,32H,9,12H2,1-3H3,(H,33,34)/t15-,19+,25?/m1/s1. The molecule has 2 aromatic heterocycles. The van der Waals surface area contributed by atoms with Crippen molar-refractivity contribution >= 4 is 39.2 Å². The fourth-order valence-corrected chi connectivity index (χ4v) is 6.80. The maximum atomic E-state index is 14.8. The highest BCUT2D eigenvalue weighted by Gasteiger charge is 2.64. The largest absolute Gasteiger partial charge is 0.481 e. The summed E-state index contributed by atoms with van der Waals surface area (Å²) in [6.45, 7) is 1.42. The van der Waals surface area contributed by atoms with E-state index in [-0.39, 0.29) is 46.7 Å². The highest BCUT2D eigenvalue weighted by atomic mass is 35.5. The Bertz CT molecular complexity index is 1620. The number of aliphatic hydroxyl groups excluding tert-OH is 1. The Morgan fingerprint density at radius 2 is 1.88 bits per heavy atom. The number of ether oxygens (including phenoxy) is 2. The summed E-state index contributed by atoms with van der Waals surface area (Å²) in [5.41, 5.74) is -1.62. The van der Waals surface area contributed by atoms with Crippen LogP contribution in [0.4, 0.5) is 5.69 Å². The summed E-state index contributed by atoms with van der Waals surface area (Å²) in [5.74, 6) is -2.58. The zero-order chi connectivity index (χ0) is 29.0. The number of anilines is 1. The molecule has 40 heavy (non-hydrogen) atoms. The quantitative estimate of drug-likeness (QED) is 0.406. The number of aliphatic hydroxyl groups is 1. The molecule has 2 N–H and O–H groups in total. The van der Waals surface area contributed by atoms with Crippen LogP contribution >= 0.6 is 11.6 Å². The Kier molecular flexibility index (Phi) is 6.90. The average molecular weight is 590 g/mol. The van der Waals surface area contributed by atoms with E-state index in [9.17, 15) is 28.2 Å². The minimum atomic E-state index is -4.64. The predicted octanol–water partition coefficient (Wildman–Crippen LogP) is 1.35. The van der Waals surface area contributed by atoms with Gasteiger partial charge in [0, 0.05) is 35.9 Å². The molecule has 2 aliphatic heterocycles. The van der Waals surface area contributed by atoms with Gasteiger partial charge >= 0.3 is 12.0 Å². The van der Waals surface area contributed by atoms with Crippen molar-refractivity contribution in [2.75, 3.05) is 25.1 Å². The van der Waals surface area contributed by atoms with Crippen molar-refractivity contribution in [2.24, 2.45) is 0 Å². The number of rotatable bonds is 7. The number of carboxylic acids is 1. The zero-order valence-electron chi connectivity index (χ0n) is 21.5. The fraction of sp³-hybridized carbons (Fsp3) is 0.320. The summed E-state index contributed by atoms with van der Waals surface area (Å²) in [5, 5.41) is 20.5. The van der Waals surface area contributed by atoms with Crippen LogP contribution in [0, 0.1) is 6.92 Å². The summed E-state index contributed by atoms with van der Waals surface area (Å²) in [6, 6.07) is 5.42. The van der Waals surface area contributed by atoms with E-state index < -0.39 is 44.6 Å². The van der Waals surface area contributed by atoms with Crippen LogP contribution in [-0.4, -0.2) is 83.3 Å². The number of aromatic nitrogens is 3. The molecule has 0 spiro atoms. The summed E-state index contributed by atoms with van der Waals surface area (Å²) in [7, 11) is -2.04. The number of amides is 1. The van der Waals surface area contributed by atoms with E-state index in [0.29, 0.717) is 9.87 Å². The molecule has 1 saturated heterocycles. The van der Waals surface area contributed by atoms with E-state index in [0.717, 1.165) is 0 Å². The van der Waals surface area contributed by atoms with Gasteiger partial charge in [0.2, 0.25) is 5.88 Å². The normalized spacial score (nSPS) is 22.8. The SMILES string of the molecule is COc1ncc(C2(N3C[C@H](O)C[C@H]3C(=O)O)C(=O)N(S(=O)(=O)c3ccc(C)cn3)c3ccc(Cl)cc32)c(OC)n1. The number of methoxy groups -OCH3 is 2. The molecule has 0 aliphatic carbocycles. The first-order valence-corrected chi connectivity index (χ1v) is 13.7. The Morgan fingerprint density at radius 1 is 1.12 bits per heavy atom. The topological polar surface area (TPSA) is 172 Å². The van der Waals surface area contributed by atoms with Crippen LogP contribution in [0.15, 0.2) is 47.8 Å². The van der Waals surface area contributed by atoms with Crippen LogP contribution in [0.2, 0.25) is 5.02 Å². The number of hydrogen-bond donors (Lipinski definition) is 2. The number of hydrogen-bond acceptors (Lipinski definition) is 11. The van der Waals surface area contributed by atoms with Gasteiger partial charge in [0.1, 0.15) is 6.04 Å². The van der Waals surface area contributed by atoms with E-state index in [1.165, 1.54) is 61.8 Å². The van der Waals surface area contributed by atoms with Crippen molar-refractivity contribution in [3.63, 3.8) is 0 Å². The van der Waals surface area contributed by atoms with Gasteiger partial charge in [-0.2, -0.15) is 17.7 Å². The van der Waals surface area contributed by atoms with Gasteiger partial charge in [-0.15, -0.1) is 0 Å². The molecule has 3 atom stereocenters. The van der Waals surface area contributed by atoms with Crippen molar-refractivity contribution in [2.45, 2.75) is 36.1 Å². The first kappa shape index (κ1) is 27.7. The lowest BCUT2D eigenvalue weighted by molar-refractivity contribution is -0.145.